The van der Waals surface area contributed by atoms with Crippen molar-refractivity contribution in [1.29, 1.82) is 10.8 Å². The molecule has 0 aliphatic rings. The lowest BCUT2D eigenvalue weighted by atomic mass is 10.2. The Morgan fingerprint density at radius 1 is 0.571 bits per heavy atom. The first-order valence-electron chi connectivity index (χ1n) is 17.7. The average molecular weight is 916 g/mol. The number of benzene rings is 4. The van der Waals surface area contributed by atoms with Crippen LogP contribution < -0.4 is 25.7 Å². The number of hydrogen-bond donors (Lipinski definition) is 7. The Kier molecular flexibility index (Phi) is 16.8. The van der Waals surface area contributed by atoms with Crippen molar-refractivity contribution >= 4 is 66.5 Å². The van der Waals surface area contributed by atoms with E-state index in [1.165, 1.54) is 22.7 Å². The van der Waals surface area contributed by atoms with Gasteiger partial charge in [-0.25, -0.2) is 9.59 Å². The first-order valence-corrected chi connectivity index (χ1v) is 19.3. The van der Waals surface area contributed by atoms with Gasteiger partial charge in [0, 0.05) is 21.8 Å². The smallest absolute Gasteiger partial charge is 0.490 e. The summed E-state index contributed by atoms with van der Waals surface area (Å²) < 4.78 is 83.1. The lowest BCUT2D eigenvalue weighted by molar-refractivity contribution is -0.193. The van der Waals surface area contributed by atoms with Gasteiger partial charge in [0.05, 0.1) is 9.75 Å². The largest absolute Gasteiger partial charge is 0.508 e. The van der Waals surface area contributed by atoms with E-state index in [0.717, 1.165) is 63.9 Å². The second-order valence-corrected chi connectivity index (χ2v) is 14.8. The quantitative estimate of drug-likeness (QED) is 0.0367. The number of aliphatic carboxylic acids is 2. The third-order valence-electron chi connectivity index (χ3n) is 7.77. The van der Waals surface area contributed by atoms with Crippen molar-refractivity contribution < 1.29 is 65.5 Å². The lowest BCUT2D eigenvalue weighted by Gasteiger charge is -2.09. The average Bonchev–Trinajstić information content (AvgIpc) is 3.87. The number of pyridine rings is 1. The molecule has 0 saturated carbocycles. The topological polar surface area (TPSA) is 235 Å². The van der Waals surface area contributed by atoms with Crippen molar-refractivity contribution in [3.8, 4) is 23.0 Å². The molecule has 0 aliphatic carbocycles. The molecule has 3 heterocycles. The molecule has 0 aliphatic heterocycles. The van der Waals surface area contributed by atoms with E-state index in [-0.39, 0.29) is 17.4 Å². The summed E-state index contributed by atoms with van der Waals surface area (Å²) in [5, 5.41) is 40.8. The van der Waals surface area contributed by atoms with Gasteiger partial charge < -0.3 is 41.0 Å². The number of halogens is 6. The first kappa shape index (κ1) is 48.3. The molecule has 0 radical (unpaired) electrons. The second-order valence-electron chi connectivity index (χ2n) is 12.6. The van der Waals surface area contributed by atoms with Crippen LogP contribution in [0.2, 0.25) is 0 Å². The maximum absolute atomic E-state index is 10.6. The molecule has 0 bridgehead atoms. The Morgan fingerprint density at radius 2 is 0.968 bits per heavy atom. The van der Waals surface area contributed by atoms with E-state index >= 15 is 0 Å². The van der Waals surface area contributed by atoms with Gasteiger partial charge >= 0.3 is 24.3 Å². The number of nitrogens with one attached hydrogen (secondary N) is 2. The van der Waals surface area contributed by atoms with E-state index in [1.807, 2.05) is 91.0 Å². The van der Waals surface area contributed by atoms with E-state index in [0.29, 0.717) is 19.8 Å². The van der Waals surface area contributed by atoms with Gasteiger partial charge in [-0.3, -0.25) is 15.8 Å². The number of nitrogens with two attached hydrogens (primary N) is 2. The van der Waals surface area contributed by atoms with Gasteiger partial charge in [0.25, 0.3) is 0 Å². The molecule has 13 nitrogen and oxygen atoms in total. The molecule has 7 rings (SSSR count). The number of hydrogen-bond acceptors (Lipinski definition) is 11. The van der Waals surface area contributed by atoms with Gasteiger partial charge in [-0.1, -0.05) is 24.3 Å². The van der Waals surface area contributed by atoms with Crippen molar-refractivity contribution in [2.75, 3.05) is 0 Å². The van der Waals surface area contributed by atoms with Crippen LogP contribution in [-0.4, -0.2) is 56.3 Å². The number of rotatable bonds is 11. The number of nitrogens with zero attached hydrogens (tertiary/aromatic N) is 1. The second kappa shape index (κ2) is 21.9. The molecule has 0 atom stereocenters. The Morgan fingerprint density at radius 3 is 1.38 bits per heavy atom. The predicted octanol–water partition coefficient (Wildman–Crippen LogP) is 9.47. The van der Waals surface area contributed by atoms with E-state index in [1.54, 1.807) is 30.6 Å². The number of fused-ring (bicyclic) bond motifs is 2. The van der Waals surface area contributed by atoms with E-state index < -0.39 is 24.3 Å². The number of phenols is 1. The highest BCUT2D eigenvalue weighted by Crippen LogP contribution is 2.31. The number of alkyl halides is 6. The van der Waals surface area contributed by atoms with Gasteiger partial charge in [-0.15, -0.1) is 22.7 Å². The number of carbonyl (C=O) groups is 2. The van der Waals surface area contributed by atoms with Crippen LogP contribution in [0.5, 0.6) is 23.0 Å². The number of ether oxygens (including phenoxy) is 3. The summed E-state index contributed by atoms with van der Waals surface area (Å²) in [6.45, 7) is 1.34. The fraction of sp³-hybridized carbons (Fsp3) is 0.119. The van der Waals surface area contributed by atoms with Crippen LogP contribution in [0.3, 0.4) is 0 Å². The maximum atomic E-state index is 10.6. The van der Waals surface area contributed by atoms with Gasteiger partial charge in [0.2, 0.25) is 0 Å². The third-order valence-corrected chi connectivity index (χ3v) is 10.0. The van der Waals surface area contributed by atoms with Gasteiger partial charge in [-0.2, -0.15) is 26.3 Å². The summed E-state index contributed by atoms with van der Waals surface area (Å²) in [5.74, 6) is -2.77. The molecule has 63 heavy (non-hydrogen) atoms. The summed E-state index contributed by atoms with van der Waals surface area (Å²) in [5.41, 5.74) is 14.1. The van der Waals surface area contributed by atoms with Crippen LogP contribution in [0.4, 0.5) is 26.3 Å². The van der Waals surface area contributed by atoms with E-state index in [4.69, 9.17) is 56.3 Å². The molecule has 0 unspecified atom stereocenters. The zero-order valence-electron chi connectivity index (χ0n) is 32.2. The molecule has 7 aromatic rings. The summed E-state index contributed by atoms with van der Waals surface area (Å²) in [6, 6.07) is 34.3. The van der Waals surface area contributed by atoms with Crippen molar-refractivity contribution in [3.63, 3.8) is 0 Å². The molecule has 0 fully saturated rings. The standard InChI is InChI=1S/C22H19N3O2S.C16H14N2O2S.2C2HF3O2/c23-22(24)21-11-17-4-5-19(12-20(17)28-21)27-14-16-2-1-3-18(10-16)26-13-15-6-8-25-9-7-15;17-16(18)15-7-11-4-5-13(8-14(11)21-15)20-9-10-2-1-3-12(19)6-10;2*3-2(4,5)1(6)7/h1-12H,13-14H2,(H3,23,24);1-8,19H,9H2,(H3,17,18);2*(H,6,7). The molecule has 4 aromatic carbocycles. The van der Waals surface area contributed by atoms with Crippen LogP contribution in [0, 0.1) is 10.8 Å². The predicted molar refractivity (Wildman–Crippen MR) is 225 cm³/mol. The molecular formula is C42H35F6N5O8S2. The number of thiophene rings is 2. The minimum absolute atomic E-state index is 0.0819. The first-order chi connectivity index (χ1) is 29.7. The van der Waals surface area contributed by atoms with Crippen LogP contribution >= 0.6 is 22.7 Å². The number of aromatic nitrogens is 1. The molecular weight excluding hydrogens is 881 g/mol. The SMILES string of the molecule is N=C(N)c1cc2ccc(OCc3cccc(O)c3)cc2s1.N=C(N)c1cc2ccc(OCc3cccc(OCc4ccncc4)c3)cc2s1.O=C(O)C(F)(F)F.O=C(O)C(F)(F)F. The number of phenolic OH excluding ortho intramolecular Hbond substituents is 1. The molecule has 0 saturated heterocycles. The van der Waals surface area contributed by atoms with Gasteiger partial charge in [-0.05, 0) is 112 Å². The van der Waals surface area contributed by atoms with Crippen LogP contribution in [0.1, 0.15) is 26.4 Å². The molecule has 3 aromatic heterocycles. The fourth-order valence-electron chi connectivity index (χ4n) is 4.82. The van der Waals surface area contributed by atoms with Crippen LogP contribution in [-0.2, 0) is 29.4 Å². The Bertz CT molecular complexity index is 2650. The van der Waals surface area contributed by atoms with E-state index in [9.17, 15) is 31.4 Å². The zero-order valence-corrected chi connectivity index (χ0v) is 33.9. The highest BCUT2D eigenvalue weighted by Gasteiger charge is 2.38. The fourth-order valence-corrected chi connectivity index (χ4v) is 6.72. The lowest BCUT2D eigenvalue weighted by Crippen LogP contribution is -2.21. The number of aromatic hydroxyl groups is 1. The Labute approximate surface area is 361 Å². The van der Waals surface area contributed by atoms with Crippen molar-refractivity contribution in [2.45, 2.75) is 32.2 Å². The Hall–Kier alpha value is -7.39. The minimum atomic E-state index is -5.08. The van der Waals surface area contributed by atoms with E-state index in [2.05, 4.69) is 4.98 Å². The Balaban J connectivity index is 0.000000217. The van der Waals surface area contributed by atoms with Crippen molar-refractivity contribution in [1.82, 2.24) is 4.98 Å². The number of amidine groups is 2. The third kappa shape index (κ3) is 15.9. The minimum Gasteiger partial charge on any atom is -0.508 e. The van der Waals surface area contributed by atoms with Gasteiger partial charge in [0.15, 0.2) is 0 Å². The zero-order chi connectivity index (χ0) is 46.3. The summed E-state index contributed by atoms with van der Waals surface area (Å²) >= 11 is 2.97. The van der Waals surface area contributed by atoms with Crippen LogP contribution in [0.25, 0.3) is 20.2 Å². The monoisotopic (exact) mass is 915 g/mol. The summed E-state index contributed by atoms with van der Waals surface area (Å²) in [7, 11) is 0. The molecule has 0 spiro atoms. The van der Waals surface area contributed by atoms with Gasteiger partial charge in [0.1, 0.15) is 54.5 Å². The molecule has 0 amide bonds. The maximum Gasteiger partial charge on any atom is 0.490 e. The highest BCUT2D eigenvalue weighted by atomic mass is 32.1. The summed E-state index contributed by atoms with van der Waals surface area (Å²) in [4.78, 5) is 23.3. The number of carboxylic acid groups (broad SMARTS) is 2. The highest BCUT2D eigenvalue weighted by molar-refractivity contribution is 7.21. The number of nitrogen functional groups attached to an aromatic ring is 2. The van der Waals surface area contributed by atoms with Crippen LogP contribution in [0.15, 0.2) is 122 Å². The summed E-state index contributed by atoms with van der Waals surface area (Å²) in [6.07, 6.45) is -6.65. The van der Waals surface area contributed by atoms with Crippen molar-refractivity contribution in [3.05, 3.63) is 148 Å². The molecule has 21 heteroatoms. The van der Waals surface area contributed by atoms with Crippen molar-refractivity contribution in [2.24, 2.45) is 11.5 Å². The number of carboxylic acids is 2. The normalized spacial score (nSPS) is 10.8. The molecule has 9 N–H and O–H groups in total. The molecule has 330 valence electrons.